The summed E-state index contributed by atoms with van der Waals surface area (Å²) in [6, 6.07) is 12.0. The van der Waals surface area contributed by atoms with Gasteiger partial charge in [-0.05, 0) is 24.1 Å². The second-order valence-electron chi connectivity index (χ2n) is 4.72. The van der Waals surface area contributed by atoms with Gasteiger partial charge in [0.05, 0.1) is 0 Å². The van der Waals surface area contributed by atoms with Crippen LogP contribution < -0.4 is 11.1 Å². The molecule has 3 nitrogen and oxygen atoms in total. The molecule has 0 saturated carbocycles. The number of nitrogens with two attached hydrogens (primary N) is 1. The van der Waals surface area contributed by atoms with Crippen LogP contribution in [-0.4, -0.2) is 12.5 Å². The molecule has 0 radical (unpaired) electrons. The second-order valence-corrected chi connectivity index (χ2v) is 4.72. The lowest BCUT2D eigenvalue weighted by Crippen LogP contribution is -2.27. The zero-order valence-electron chi connectivity index (χ0n) is 11.4. The molecule has 2 aromatic rings. The third kappa shape index (κ3) is 4.36. The Morgan fingerprint density at radius 3 is 2.33 bits per heavy atom. The highest BCUT2D eigenvalue weighted by Crippen LogP contribution is 2.12. The molecule has 0 bridgehead atoms. The Bertz CT molecular complexity index is 597. The summed E-state index contributed by atoms with van der Waals surface area (Å²) < 4.78 is 26.0. The maximum absolute atomic E-state index is 13.0. The Kier molecular flexibility index (Phi) is 5.00. The van der Waals surface area contributed by atoms with E-state index < -0.39 is 17.5 Å². The van der Waals surface area contributed by atoms with Crippen LogP contribution >= 0.6 is 0 Å². The van der Waals surface area contributed by atoms with E-state index >= 15 is 0 Å². The Morgan fingerprint density at radius 1 is 1.10 bits per heavy atom. The van der Waals surface area contributed by atoms with E-state index in [1.165, 1.54) is 0 Å². The number of nitrogens with one attached hydrogen (secondary N) is 1. The Hall–Kier alpha value is -2.27. The third-order valence-corrected chi connectivity index (χ3v) is 3.09. The molecule has 110 valence electrons. The van der Waals surface area contributed by atoms with Gasteiger partial charge < -0.3 is 11.1 Å². The topological polar surface area (TPSA) is 55.1 Å². The number of carbonyl (C=O) groups excluding carboxylic acids is 1. The van der Waals surface area contributed by atoms with Gasteiger partial charge in [-0.1, -0.05) is 30.3 Å². The van der Waals surface area contributed by atoms with E-state index in [0.29, 0.717) is 13.0 Å². The molecule has 0 saturated heterocycles. The molecule has 21 heavy (non-hydrogen) atoms. The van der Waals surface area contributed by atoms with Crippen molar-refractivity contribution in [3.8, 4) is 0 Å². The van der Waals surface area contributed by atoms with E-state index in [9.17, 15) is 13.6 Å². The predicted octanol–water partition coefficient (Wildman–Crippen LogP) is 2.78. The van der Waals surface area contributed by atoms with Gasteiger partial charge in [-0.3, -0.25) is 4.79 Å². The van der Waals surface area contributed by atoms with Gasteiger partial charge in [0.2, 0.25) is 0 Å². The van der Waals surface area contributed by atoms with Crippen molar-refractivity contribution in [1.82, 2.24) is 5.32 Å². The van der Waals surface area contributed by atoms with Crippen molar-refractivity contribution in [3.63, 3.8) is 0 Å². The average Bonchev–Trinajstić information content (AvgIpc) is 2.47. The van der Waals surface area contributed by atoms with Gasteiger partial charge in [0.15, 0.2) is 0 Å². The zero-order valence-corrected chi connectivity index (χ0v) is 11.4. The molecule has 0 aliphatic heterocycles. The van der Waals surface area contributed by atoms with E-state index in [1.807, 2.05) is 30.3 Å². The van der Waals surface area contributed by atoms with Gasteiger partial charge in [0.25, 0.3) is 5.91 Å². The summed E-state index contributed by atoms with van der Waals surface area (Å²) in [4.78, 5) is 11.8. The lowest BCUT2D eigenvalue weighted by molar-refractivity contribution is 0.0951. The van der Waals surface area contributed by atoms with Crippen LogP contribution in [-0.2, 0) is 0 Å². The first-order valence-corrected chi connectivity index (χ1v) is 6.61. The van der Waals surface area contributed by atoms with Crippen LogP contribution in [0, 0.1) is 11.6 Å². The highest BCUT2D eigenvalue weighted by atomic mass is 19.1. The van der Waals surface area contributed by atoms with E-state index in [4.69, 9.17) is 5.73 Å². The molecule has 1 unspecified atom stereocenters. The molecule has 1 amide bonds. The zero-order chi connectivity index (χ0) is 15.2. The number of hydrogen-bond acceptors (Lipinski definition) is 2. The van der Waals surface area contributed by atoms with Crippen LogP contribution in [0.5, 0.6) is 0 Å². The summed E-state index contributed by atoms with van der Waals surface area (Å²) in [6.45, 7) is 0.326. The molecule has 0 spiro atoms. The molecule has 2 rings (SSSR count). The second kappa shape index (κ2) is 6.95. The fraction of sp³-hybridized carbons (Fsp3) is 0.188. The Balaban J connectivity index is 1.87. The molecular weight excluding hydrogens is 274 g/mol. The van der Waals surface area contributed by atoms with Gasteiger partial charge in [-0.15, -0.1) is 0 Å². The van der Waals surface area contributed by atoms with E-state index in [0.717, 1.165) is 23.8 Å². The summed E-state index contributed by atoms with van der Waals surface area (Å²) in [7, 11) is 0. The highest BCUT2D eigenvalue weighted by Gasteiger charge is 2.10. The SMILES string of the molecule is NC(CCNC(=O)c1cc(F)cc(F)c1)c1ccccc1. The molecule has 5 heteroatoms. The van der Waals surface area contributed by atoms with Gasteiger partial charge in [0.1, 0.15) is 11.6 Å². The molecule has 0 aliphatic carbocycles. The van der Waals surface area contributed by atoms with Gasteiger partial charge >= 0.3 is 0 Å². The molecule has 0 heterocycles. The molecule has 0 aromatic heterocycles. The third-order valence-electron chi connectivity index (χ3n) is 3.09. The van der Waals surface area contributed by atoms with E-state index in [1.54, 1.807) is 0 Å². The number of amides is 1. The van der Waals surface area contributed by atoms with Gasteiger partial charge in [0, 0.05) is 24.2 Å². The molecular formula is C16H16F2N2O. The summed E-state index contributed by atoms with van der Waals surface area (Å²) in [6.07, 6.45) is 0.535. The van der Waals surface area contributed by atoms with Crippen molar-refractivity contribution >= 4 is 5.91 Å². The van der Waals surface area contributed by atoms with Gasteiger partial charge in [-0.2, -0.15) is 0 Å². The minimum absolute atomic E-state index is 0.0409. The number of hydrogen-bond donors (Lipinski definition) is 2. The first-order valence-electron chi connectivity index (χ1n) is 6.61. The average molecular weight is 290 g/mol. The Morgan fingerprint density at radius 2 is 1.71 bits per heavy atom. The maximum Gasteiger partial charge on any atom is 0.251 e. The summed E-state index contributed by atoms with van der Waals surface area (Å²) >= 11 is 0. The summed E-state index contributed by atoms with van der Waals surface area (Å²) in [5.41, 5.74) is 6.93. The lowest BCUT2D eigenvalue weighted by Gasteiger charge is -2.12. The Labute approximate surface area is 121 Å². The summed E-state index contributed by atoms with van der Waals surface area (Å²) in [5, 5.41) is 2.60. The monoisotopic (exact) mass is 290 g/mol. The van der Waals surface area contributed by atoms with Gasteiger partial charge in [-0.25, -0.2) is 8.78 Å². The minimum atomic E-state index is -0.777. The smallest absolute Gasteiger partial charge is 0.251 e. The number of rotatable bonds is 5. The number of halogens is 2. The number of benzene rings is 2. The van der Waals surface area contributed by atoms with Crippen LogP contribution in [0.3, 0.4) is 0 Å². The molecule has 3 N–H and O–H groups in total. The van der Waals surface area contributed by atoms with E-state index in [2.05, 4.69) is 5.32 Å². The fourth-order valence-corrected chi connectivity index (χ4v) is 2.00. The molecule has 1 atom stereocenters. The van der Waals surface area contributed by atoms with Crippen molar-refractivity contribution in [2.45, 2.75) is 12.5 Å². The highest BCUT2D eigenvalue weighted by molar-refractivity contribution is 5.94. The van der Waals surface area contributed by atoms with Crippen LogP contribution in [0.1, 0.15) is 28.4 Å². The van der Waals surface area contributed by atoms with E-state index in [-0.39, 0.29) is 11.6 Å². The quantitative estimate of drug-likeness (QED) is 0.889. The van der Waals surface area contributed by atoms with Crippen molar-refractivity contribution in [2.75, 3.05) is 6.54 Å². The predicted molar refractivity (Wildman–Crippen MR) is 76.7 cm³/mol. The molecule has 2 aromatic carbocycles. The summed E-state index contributed by atoms with van der Waals surface area (Å²) in [5.74, 6) is -2.07. The minimum Gasteiger partial charge on any atom is -0.352 e. The lowest BCUT2D eigenvalue weighted by atomic mass is 10.0. The largest absolute Gasteiger partial charge is 0.352 e. The van der Waals surface area contributed by atoms with Crippen LogP contribution in [0.25, 0.3) is 0 Å². The number of carbonyl (C=O) groups is 1. The first kappa shape index (κ1) is 15.1. The standard InChI is InChI=1S/C16H16F2N2O/c17-13-8-12(9-14(18)10-13)16(21)20-7-6-15(19)11-4-2-1-3-5-11/h1-5,8-10,15H,6-7,19H2,(H,20,21). The van der Waals surface area contributed by atoms with Crippen LogP contribution in [0.4, 0.5) is 8.78 Å². The van der Waals surface area contributed by atoms with Crippen LogP contribution in [0.15, 0.2) is 48.5 Å². The van der Waals surface area contributed by atoms with Crippen LogP contribution in [0.2, 0.25) is 0 Å². The van der Waals surface area contributed by atoms with Crippen molar-refractivity contribution in [2.24, 2.45) is 5.73 Å². The first-order chi connectivity index (χ1) is 10.1. The van der Waals surface area contributed by atoms with Crippen molar-refractivity contribution < 1.29 is 13.6 Å². The molecule has 0 fully saturated rings. The maximum atomic E-state index is 13.0. The fourth-order valence-electron chi connectivity index (χ4n) is 2.00. The molecule has 0 aliphatic rings. The normalized spacial score (nSPS) is 12.0. The van der Waals surface area contributed by atoms with Crippen molar-refractivity contribution in [1.29, 1.82) is 0 Å². The van der Waals surface area contributed by atoms with Crippen molar-refractivity contribution in [3.05, 3.63) is 71.3 Å².